The molecule has 0 aliphatic carbocycles. The molecule has 4 heteroatoms. The second-order valence-electron chi connectivity index (χ2n) is 10.6. The number of alkyl halides is 4. The van der Waals surface area contributed by atoms with Crippen molar-refractivity contribution in [3.63, 3.8) is 0 Å². The van der Waals surface area contributed by atoms with Gasteiger partial charge in [-0.05, 0) is 89.0 Å². The van der Waals surface area contributed by atoms with Gasteiger partial charge in [0.15, 0.2) is 0 Å². The summed E-state index contributed by atoms with van der Waals surface area (Å²) in [6.45, 7) is 2.20. The zero-order valence-corrected chi connectivity index (χ0v) is 26.2. The van der Waals surface area contributed by atoms with E-state index in [0.717, 1.165) is 60.8 Å². The smallest absolute Gasteiger partial charge is 0.0591 e. The van der Waals surface area contributed by atoms with Crippen molar-refractivity contribution in [3.8, 4) is 0 Å². The Kier molecular flexibility index (Phi) is 12.3. The van der Waals surface area contributed by atoms with Crippen LogP contribution < -0.4 is 0 Å². The summed E-state index contributed by atoms with van der Waals surface area (Å²) in [5.74, 6) is 1.40. The van der Waals surface area contributed by atoms with Crippen molar-refractivity contribution in [3.05, 3.63) is 142 Å². The standard InChI is InChI=1S/C36H38Cl4/c1-2-26-3-5-27(6-4-26)9-21-34(23-36(40)33-19-12-30(25-38)13-20-33)31-15-7-28(8-16-31)14-22-35(39)32-17-10-29(24-37)11-18-32/h3-8,10-13,15-20,34-36H,2,9,14,21-25H2,1H3. The number of benzene rings is 4. The lowest BCUT2D eigenvalue weighted by molar-refractivity contribution is 0.567. The summed E-state index contributed by atoms with van der Waals surface area (Å²) in [5, 5.41) is -0.0724. The highest BCUT2D eigenvalue weighted by atomic mass is 35.5. The van der Waals surface area contributed by atoms with Gasteiger partial charge in [0.1, 0.15) is 0 Å². The van der Waals surface area contributed by atoms with Crippen molar-refractivity contribution < 1.29 is 0 Å². The summed E-state index contributed by atoms with van der Waals surface area (Å²) in [5.41, 5.74) is 9.93. The summed E-state index contributed by atoms with van der Waals surface area (Å²) in [4.78, 5) is 0. The maximum Gasteiger partial charge on any atom is 0.0591 e. The number of aryl methyl sites for hydroxylation is 3. The van der Waals surface area contributed by atoms with E-state index < -0.39 is 0 Å². The van der Waals surface area contributed by atoms with E-state index in [0.29, 0.717) is 17.7 Å². The van der Waals surface area contributed by atoms with Crippen LogP contribution in [0.4, 0.5) is 0 Å². The lowest BCUT2D eigenvalue weighted by Gasteiger charge is -2.22. The molecule has 0 spiro atoms. The fraction of sp³-hybridized carbons (Fsp3) is 0.333. The molecule has 4 aromatic rings. The van der Waals surface area contributed by atoms with Crippen LogP contribution in [0, 0.1) is 0 Å². The second kappa shape index (κ2) is 15.9. The Hall–Kier alpha value is -1.96. The molecule has 0 fully saturated rings. The van der Waals surface area contributed by atoms with Gasteiger partial charge in [-0.1, -0.05) is 104 Å². The van der Waals surface area contributed by atoms with Crippen molar-refractivity contribution >= 4 is 46.4 Å². The molecule has 0 nitrogen and oxygen atoms in total. The average Bonchev–Trinajstić information content (AvgIpc) is 3.02. The van der Waals surface area contributed by atoms with E-state index in [-0.39, 0.29) is 10.8 Å². The van der Waals surface area contributed by atoms with Gasteiger partial charge in [0.25, 0.3) is 0 Å². The van der Waals surface area contributed by atoms with Crippen molar-refractivity contribution in [1.82, 2.24) is 0 Å². The van der Waals surface area contributed by atoms with Crippen LogP contribution in [0.25, 0.3) is 0 Å². The average molecular weight is 613 g/mol. The van der Waals surface area contributed by atoms with E-state index in [1.165, 1.54) is 22.3 Å². The van der Waals surface area contributed by atoms with E-state index in [2.05, 4.69) is 104 Å². The Balaban J connectivity index is 1.43. The molecule has 0 aliphatic heterocycles. The van der Waals surface area contributed by atoms with Gasteiger partial charge < -0.3 is 0 Å². The van der Waals surface area contributed by atoms with Crippen molar-refractivity contribution in [1.29, 1.82) is 0 Å². The third-order valence-corrected chi connectivity index (χ3v) is 9.35. The number of rotatable bonds is 14. The molecule has 0 heterocycles. The molecular weight excluding hydrogens is 574 g/mol. The predicted molar refractivity (Wildman–Crippen MR) is 175 cm³/mol. The highest BCUT2D eigenvalue weighted by Crippen LogP contribution is 2.36. The van der Waals surface area contributed by atoms with Gasteiger partial charge in [-0.3, -0.25) is 0 Å². The number of hydrogen-bond acceptors (Lipinski definition) is 0. The van der Waals surface area contributed by atoms with Crippen LogP contribution in [0.2, 0.25) is 0 Å². The van der Waals surface area contributed by atoms with Gasteiger partial charge in [-0.2, -0.15) is 0 Å². The van der Waals surface area contributed by atoms with Crippen LogP contribution in [-0.2, 0) is 31.0 Å². The molecule has 210 valence electrons. The molecule has 3 atom stereocenters. The Labute approximate surface area is 260 Å². The quantitative estimate of drug-likeness (QED) is 0.124. The summed E-state index contributed by atoms with van der Waals surface area (Å²) in [6.07, 6.45) is 5.86. The topological polar surface area (TPSA) is 0 Å². The number of hydrogen-bond donors (Lipinski definition) is 0. The molecule has 0 aromatic heterocycles. The molecule has 0 saturated carbocycles. The minimum absolute atomic E-state index is 0.0157. The van der Waals surface area contributed by atoms with E-state index in [1.807, 2.05) is 0 Å². The minimum Gasteiger partial charge on any atom is -0.122 e. The third-order valence-electron chi connectivity index (χ3n) is 7.83. The largest absolute Gasteiger partial charge is 0.122 e. The normalized spacial score (nSPS) is 13.6. The monoisotopic (exact) mass is 610 g/mol. The second-order valence-corrected chi connectivity index (χ2v) is 12.2. The van der Waals surface area contributed by atoms with Crippen LogP contribution in [0.5, 0.6) is 0 Å². The molecule has 0 amide bonds. The van der Waals surface area contributed by atoms with Gasteiger partial charge in [0, 0.05) is 11.8 Å². The maximum absolute atomic E-state index is 7.01. The van der Waals surface area contributed by atoms with Crippen LogP contribution in [0.3, 0.4) is 0 Å². The Morgan fingerprint density at radius 3 is 1.38 bits per heavy atom. The molecule has 4 rings (SSSR count). The summed E-state index contributed by atoms with van der Waals surface area (Å²) in [6, 6.07) is 34.8. The summed E-state index contributed by atoms with van der Waals surface area (Å²) in [7, 11) is 0. The molecule has 0 N–H and O–H groups in total. The molecule has 0 radical (unpaired) electrons. The molecule has 3 unspecified atom stereocenters. The lowest BCUT2D eigenvalue weighted by Crippen LogP contribution is -2.06. The third kappa shape index (κ3) is 9.02. The number of halogens is 4. The van der Waals surface area contributed by atoms with Gasteiger partial charge >= 0.3 is 0 Å². The Morgan fingerprint density at radius 2 is 0.875 bits per heavy atom. The van der Waals surface area contributed by atoms with Crippen LogP contribution in [0.15, 0.2) is 97.1 Å². The van der Waals surface area contributed by atoms with Crippen LogP contribution >= 0.6 is 46.4 Å². The Morgan fingerprint density at radius 1 is 0.475 bits per heavy atom. The van der Waals surface area contributed by atoms with E-state index in [1.54, 1.807) is 0 Å². The van der Waals surface area contributed by atoms with Crippen molar-refractivity contribution in [2.24, 2.45) is 0 Å². The zero-order chi connectivity index (χ0) is 28.3. The highest BCUT2D eigenvalue weighted by Gasteiger charge is 2.19. The van der Waals surface area contributed by atoms with Crippen LogP contribution in [0.1, 0.15) is 87.4 Å². The fourth-order valence-electron chi connectivity index (χ4n) is 5.14. The maximum atomic E-state index is 7.01. The first-order valence-electron chi connectivity index (χ1n) is 14.2. The Bertz CT molecular complexity index is 1280. The predicted octanol–water partition coefficient (Wildman–Crippen LogP) is 11.7. The van der Waals surface area contributed by atoms with Crippen molar-refractivity contribution in [2.75, 3.05) is 0 Å². The first kappa shape index (κ1) is 31.0. The molecule has 0 saturated heterocycles. The SMILES string of the molecule is CCc1ccc(CCC(CC(Cl)c2ccc(CCl)cc2)c2ccc(CCC(Cl)c3ccc(CCl)cc3)cc2)cc1. The lowest BCUT2D eigenvalue weighted by atomic mass is 9.86. The van der Waals surface area contributed by atoms with Crippen molar-refractivity contribution in [2.45, 2.75) is 73.9 Å². The molecular formula is C36H38Cl4. The molecule has 40 heavy (non-hydrogen) atoms. The first-order valence-corrected chi connectivity index (χ1v) is 16.2. The van der Waals surface area contributed by atoms with Crippen LogP contribution in [-0.4, -0.2) is 0 Å². The molecule has 4 aromatic carbocycles. The molecule has 0 aliphatic rings. The fourth-order valence-corrected chi connectivity index (χ4v) is 6.11. The molecule has 0 bridgehead atoms. The van der Waals surface area contributed by atoms with Gasteiger partial charge in [0.2, 0.25) is 0 Å². The van der Waals surface area contributed by atoms with E-state index in [9.17, 15) is 0 Å². The summed E-state index contributed by atoms with van der Waals surface area (Å²) < 4.78 is 0. The first-order chi connectivity index (χ1) is 19.5. The van der Waals surface area contributed by atoms with Gasteiger partial charge in [-0.15, -0.1) is 46.4 Å². The minimum atomic E-state index is -0.0567. The van der Waals surface area contributed by atoms with Gasteiger partial charge in [-0.25, -0.2) is 0 Å². The van der Waals surface area contributed by atoms with Gasteiger partial charge in [0.05, 0.1) is 10.8 Å². The summed E-state index contributed by atoms with van der Waals surface area (Å²) >= 11 is 25.7. The van der Waals surface area contributed by atoms with E-state index >= 15 is 0 Å². The highest BCUT2D eigenvalue weighted by molar-refractivity contribution is 6.21. The van der Waals surface area contributed by atoms with E-state index in [4.69, 9.17) is 46.4 Å². The zero-order valence-electron chi connectivity index (χ0n) is 23.1.